The fraction of sp³-hybridized carbons (Fsp3) is 0.719. The first kappa shape index (κ1) is 30.6. The molecule has 222 valence electrons. The molecule has 1 aliphatic carbocycles. The number of piperazine rings is 1. The van der Waals surface area contributed by atoms with Crippen LogP contribution in [-0.2, 0) is 20.8 Å². The lowest BCUT2D eigenvalue weighted by molar-refractivity contribution is -0.145. The maximum absolute atomic E-state index is 14.0. The third-order valence-electron chi connectivity index (χ3n) is 10.1. The molecule has 7 nitrogen and oxygen atoms in total. The summed E-state index contributed by atoms with van der Waals surface area (Å²) in [5.74, 6) is 0.520. The van der Waals surface area contributed by atoms with Crippen LogP contribution >= 0.6 is 0 Å². The van der Waals surface area contributed by atoms with Crippen molar-refractivity contribution < 1.29 is 18.8 Å². The van der Waals surface area contributed by atoms with E-state index in [1.54, 1.807) is 19.1 Å². The van der Waals surface area contributed by atoms with Gasteiger partial charge in [0.2, 0.25) is 11.8 Å². The number of nitrogens with one attached hydrogen (secondary N) is 1. The van der Waals surface area contributed by atoms with Crippen LogP contribution in [-0.4, -0.2) is 90.7 Å². The quantitative estimate of drug-likeness (QED) is 0.526. The maximum Gasteiger partial charge on any atom is 0.245 e. The van der Waals surface area contributed by atoms with Crippen LogP contribution in [0.1, 0.15) is 71.3 Å². The molecular formula is C32H49FN4O3. The Bertz CT molecular complexity index is 1030. The summed E-state index contributed by atoms with van der Waals surface area (Å²) in [6.45, 7) is 8.53. The van der Waals surface area contributed by atoms with Crippen molar-refractivity contribution in [3.8, 4) is 0 Å². The van der Waals surface area contributed by atoms with Crippen LogP contribution in [0.2, 0.25) is 0 Å². The molecule has 4 rings (SSSR count). The standard InChI is InChI=1S/C32H49FN4O3/c1-22(2)28-20-36(5)29(21-35(28)4)30(39)34-27(19-24-11-13-26(33)14-12-24)31(40)37-17-15-32(16-18-37,23(3)38)25-9-7-6-8-10-25/h11-14,22,25,27-29H,6-10,15-21H2,1-5H3,(H,34,39)/t27-,28?,29+/m1/s1. The van der Waals surface area contributed by atoms with Gasteiger partial charge in [-0.15, -0.1) is 0 Å². The van der Waals surface area contributed by atoms with Crippen molar-refractivity contribution in [1.82, 2.24) is 20.0 Å². The van der Waals surface area contributed by atoms with Gasteiger partial charge in [0, 0.05) is 44.1 Å². The molecule has 1 N–H and O–H groups in total. The zero-order valence-corrected chi connectivity index (χ0v) is 25.1. The summed E-state index contributed by atoms with van der Waals surface area (Å²) in [4.78, 5) is 46.7. The predicted octanol–water partition coefficient (Wildman–Crippen LogP) is 3.90. The SMILES string of the molecule is CC(=O)C1(C2CCCCC2)CCN(C(=O)[C@@H](Cc2ccc(F)cc2)NC(=O)[C@@H]2CN(C)C(C(C)C)CN2C)CC1. The highest BCUT2D eigenvalue weighted by atomic mass is 19.1. The lowest BCUT2D eigenvalue weighted by Crippen LogP contribution is -2.63. The van der Waals surface area contributed by atoms with Gasteiger partial charge in [-0.3, -0.25) is 24.2 Å². The topological polar surface area (TPSA) is 73.0 Å². The minimum absolute atomic E-state index is 0.120. The highest BCUT2D eigenvalue weighted by Gasteiger charge is 2.46. The molecule has 1 unspecified atom stereocenters. The molecule has 2 saturated heterocycles. The molecule has 2 aliphatic heterocycles. The monoisotopic (exact) mass is 556 g/mol. The first-order valence-corrected chi connectivity index (χ1v) is 15.3. The Hall–Kier alpha value is -2.32. The van der Waals surface area contributed by atoms with Gasteiger partial charge < -0.3 is 10.2 Å². The summed E-state index contributed by atoms with van der Waals surface area (Å²) >= 11 is 0. The molecule has 1 aromatic carbocycles. The molecule has 0 radical (unpaired) electrons. The van der Waals surface area contributed by atoms with E-state index in [-0.39, 0.29) is 34.9 Å². The van der Waals surface area contributed by atoms with Crippen molar-refractivity contribution in [3.05, 3.63) is 35.6 Å². The lowest BCUT2D eigenvalue weighted by Gasteiger charge is -2.47. The van der Waals surface area contributed by atoms with Gasteiger partial charge in [-0.05, 0) is 76.2 Å². The summed E-state index contributed by atoms with van der Waals surface area (Å²) in [6, 6.07) is 5.39. The summed E-state index contributed by atoms with van der Waals surface area (Å²) in [5.41, 5.74) is 0.459. The number of hydrogen-bond acceptors (Lipinski definition) is 5. The van der Waals surface area contributed by atoms with Gasteiger partial charge in [0.25, 0.3) is 0 Å². The number of hydrogen-bond donors (Lipinski definition) is 1. The zero-order valence-electron chi connectivity index (χ0n) is 25.1. The second-order valence-corrected chi connectivity index (χ2v) is 13.0. The number of carbonyl (C=O) groups is 3. The fourth-order valence-electron chi connectivity index (χ4n) is 7.49. The van der Waals surface area contributed by atoms with Crippen LogP contribution in [0.25, 0.3) is 0 Å². The number of ketones is 1. The van der Waals surface area contributed by atoms with E-state index in [1.165, 1.54) is 31.4 Å². The first-order valence-electron chi connectivity index (χ1n) is 15.3. The smallest absolute Gasteiger partial charge is 0.245 e. The molecule has 3 atom stereocenters. The molecular weight excluding hydrogens is 507 g/mol. The van der Waals surface area contributed by atoms with Crippen LogP contribution in [0, 0.1) is 23.1 Å². The third kappa shape index (κ3) is 6.76. The number of rotatable bonds is 8. The van der Waals surface area contributed by atoms with Crippen molar-refractivity contribution in [2.24, 2.45) is 17.3 Å². The van der Waals surface area contributed by atoms with E-state index in [0.29, 0.717) is 56.8 Å². The molecule has 8 heteroatoms. The van der Waals surface area contributed by atoms with Crippen LogP contribution < -0.4 is 5.32 Å². The van der Waals surface area contributed by atoms with E-state index in [1.807, 2.05) is 11.9 Å². The normalized spacial score (nSPS) is 25.5. The second kappa shape index (κ2) is 13.1. The number of piperidine rings is 1. The Labute approximate surface area is 239 Å². The number of likely N-dealkylation sites (N-methyl/N-ethyl adjacent to an activating group) is 2. The van der Waals surface area contributed by atoms with Gasteiger partial charge in [0.05, 0.1) is 0 Å². The summed E-state index contributed by atoms with van der Waals surface area (Å²) in [6.07, 6.45) is 7.45. The van der Waals surface area contributed by atoms with Crippen molar-refractivity contribution in [3.63, 3.8) is 0 Å². The molecule has 2 heterocycles. The molecule has 0 spiro atoms. The van der Waals surface area contributed by atoms with Gasteiger partial charge >= 0.3 is 0 Å². The van der Waals surface area contributed by atoms with Gasteiger partial charge in [0.1, 0.15) is 23.7 Å². The van der Waals surface area contributed by atoms with Crippen LogP contribution in [0.5, 0.6) is 0 Å². The van der Waals surface area contributed by atoms with E-state index in [9.17, 15) is 18.8 Å². The molecule has 0 bridgehead atoms. The Morgan fingerprint density at radius 1 is 0.975 bits per heavy atom. The molecule has 0 aromatic heterocycles. The number of likely N-dealkylation sites (tertiary alicyclic amines) is 1. The molecule has 1 saturated carbocycles. The average Bonchev–Trinajstić information content (AvgIpc) is 2.94. The average molecular weight is 557 g/mol. The van der Waals surface area contributed by atoms with Gasteiger partial charge in [0.15, 0.2) is 0 Å². The van der Waals surface area contributed by atoms with E-state index < -0.39 is 6.04 Å². The van der Waals surface area contributed by atoms with Crippen LogP contribution in [0.3, 0.4) is 0 Å². The Balaban J connectivity index is 1.48. The number of amides is 2. The highest BCUT2D eigenvalue weighted by Crippen LogP contribution is 2.46. The zero-order chi connectivity index (χ0) is 29.0. The van der Waals surface area contributed by atoms with Gasteiger partial charge in [-0.2, -0.15) is 0 Å². The van der Waals surface area contributed by atoms with Crippen molar-refractivity contribution in [2.75, 3.05) is 40.3 Å². The Morgan fingerprint density at radius 3 is 2.17 bits per heavy atom. The number of carbonyl (C=O) groups excluding carboxylic acids is 3. The number of Topliss-reactive ketones (excluding diaryl/α,β-unsaturated/α-hetero) is 1. The number of benzene rings is 1. The fourth-order valence-corrected chi connectivity index (χ4v) is 7.49. The predicted molar refractivity (Wildman–Crippen MR) is 155 cm³/mol. The van der Waals surface area contributed by atoms with E-state index in [0.717, 1.165) is 24.9 Å². The summed E-state index contributed by atoms with van der Waals surface area (Å²) in [7, 11) is 4.03. The molecule has 40 heavy (non-hydrogen) atoms. The van der Waals surface area contributed by atoms with Crippen LogP contribution in [0.15, 0.2) is 24.3 Å². The van der Waals surface area contributed by atoms with E-state index in [2.05, 4.69) is 36.0 Å². The van der Waals surface area contributed by atoms with Gasteiger partial charge in [-0.25, -0.2) is 4.39 Å². The maximum atomic E-state index is 14.0. The molecule has 1 aromatic rings. The van der Waals surface area contributed by atoms with E-state index >= 15 is 0 Å². The van der Waals surface area contributed by atoms with Crippen LogP contribution in [0.4, 0.5) is 4.39 Å². The lowest BCUT2D eigenvalue weighted by atomic mass is 9.62. The molecule has 3 aliphatic rings. The Morgan fingerprint density at radius 2 is 1.60 bits per heavy atom. The number of halogens is 1. The van der Waals surface area contributed by atoms with Gasteiger partial charge in [-0.1, -0.05) is 45.2 Å². The number of nitrogens with zero attached hydrogens (tertiary/aromatic N) is 3. The first-order chi connectivity index (χ1) is 19.0. The third-order valence-corrected chi connectivity index (χ3v) is 10.1. The highest BCUT2D eigenvalue weighted by molar-refractivity contribution is 5.90. The summed E-state index contributed by atoms with van der Waals surface area (Å²) in [5, 5.41) is 3.09. The molecule has 3 fully saturated rings. The van der Waals surface area contributed by atoms with E-state index in [4.69, 9.17) is 0 Å². The minimum atomic E-state index is -0.751. The minimum Gasteiger partial charge on any atom is -0.343 e. The molecule has 2 amide bonds. The van der Waals surface area contributed by atoms with Crippen molar-refractivity contribution in [2.45, 2.75) is 90.3 Å². The Kier molecular flexibility index (Phi) is 10.0. The van der Waals surface area contributed by atoms with Crippen molar-refractivity contribution >= 4 is 17.6 Å². The summed E-state index contributed by atoms with van der Waals surface area (Å²) < 4.78 is 13.6. The second-order valence-electron chi connectivity index (χ2n) is 13.0. The van der Waals surface area contributed by atoms with Crippen molar-refractivity contribution in [1.29, 1.82) is 0 Å². The largest absolute Gasteiger partial charge is 0.343 e.